The maximum atomic E-state index is 12.6. The first-order chi connectivity index (χ1) is 11.9. The monoisotopic (exact) mass is 375 g/mol. The molecule has 3 N–H and O–H groups in total. The Morgan fingerprint density at radius 1 is 1.04 bits per heavy atom. The highest BCUT2D eigenvalue weighted by atomic mass is 35.5. The third kappa shape index (κ3) is 3.34. The van der Waals surface area contributed by atoms with Crippen LogP contribution in [0.25, 0.3) is 10.9 Å². The number of amides is 2. The van der Waals surface area contributed by atoms with Crippen molar-refractivity contribution in [3.8, 4) is 0 Å². The van der Waals surface area contributed by atoms with E-state index in [0.29, 0.717) is 26.7 Å². The largest absolute Gasteiger partial charge is 0.355 e. The molecular weight excluding hydrogens is 361 g/mol. The van der Waals surface area contributed by atoms with Crippen molar-refractivity contribution in [3.63, 3.8) is 0 Å². The maximum absolute atomic E-state index is 12.6. The van der Waals surface area contributed by atoms with Crippen LogP contribution in [0, 0.1) is 6.92 Å². The fraction of sp³-hybridized carbons (Fsp3) is 0.111. The molecule has 1 aromatic heterocycles. The standard InChI is InChI=1S/C18H15Cl2N3O2/c1-9-7-10(17(24)21-2)3-5-13(9)23-18(25)16-15(20)12-8-11(19)4-6-14(12)22-16/h3-8,22H,1-2H3,(H,21,24)(H,23,25). The van der Waals surface area contributed by atoms with Crippen molar-refractivity contribution in [3.05, 3.63) is 63.3 Å². The molecule has 1 heterocycles. The van der Waals surface area contributed by atoms with Crippen LogP contribution in [-0.4, -0.2) is 23.8 Å². The summed E-state index contributed by atoms with van der Waals surface area (Å²) in [5.41, 5.74) is 2.88. The molecule has 0 spiro atoms. The number of hydrogen-bond acceptors (Lipinski definition) is 2. The average molecular weight is 376 g/mol. The number of benzene rings is 2. The number of anilines is 1. The van der Waals surface area contributed by atoms with Crippen molar-refractivity contribution in [2.45, 2.75) is 6.92 Å². The Balaban J connectivity index is 1.90. The number of hydrogen-bond donors (Lipinski definition) is 3. The zero-order valence-electron chi connectivity index (χ0n) is 13.5. The van der Waals surface area contributed by atoms with E-state index in [1.54, 1.807) is 43.4 Å². The molecule has 0 fully saturated rings. The smallest absolute Gasteiger partial charge is 0.273 e. The second-order valence-corrected chi connectivity index (χ2v) is 6.38. The second-order valence-electron chi connectivity index (χ2n) is 5.57. The Kier molecular flexibility index (Phi) is 4.70. The molecule has 7 heteroatoms. The van der Waals surface area contributed by atoms with Crippen LogP contribution in [0.4, 0.5) is 5.69 Å². The molecule has 0 bridgehead atoms. The first kappa shape index (κ1) is 17.3. The number of carbonyl (C=O) groups excluding carboxylic acids is 2. The summed E-state index contributed by atoms with van der Waals surface area (Å²) in [6.07, 6.45) is 0. The molecule has 128 valence electrons. The van der Waals surface area contributed by atoms with E-state index >= 15 is 0 Å². The normalized spacial score (nSPS) is 10.7. The summed E-state index contributed by atoms with van der Waals surface area (Å²) in [6, 6.07) is 10.2. The number of nitrogens with one attached hydrogen (secondary N) is 3. The molecule has 0 aliphatic heterocycles. The molecule has 3 aromatic rings. The molecule has 0 aliphatic carbocycles. The minimum Gasteiger partial charge on any atom is -0.355 e. The predicted molar refractivity (Wildman–Crippen MR) is 101 cm³/mol. The molecule has 0 unspecified atom stereocenters. The summed E-state index contributed by atoms with van der Waals surface area (Å²) >= 11 is 12.3. The highest BCUT2D eigenvalue weighted by Crippen LogP contribution is 2.30. The van der Waals surface area contributed by atoms with Crippen molar-refractivity contribution >= 4 is 51.6 Å². The number of aryl methyl sites for hydroxylation is 1. The second kappa shape index (κ2) is 6.78. The molecule has 0 atom stereocenters. The van der Waals surface area contributed by atoms with Gasteiger partial charge in [-0.05, 0) is 48.9 Å². The summed E-state index contributed by atoms with van der Waals surface area (Å²) in [5.74, 6) is -0.551. The van der Waals surface area contributed by atoms with Crippen LogP contribution in [0.3, 0.4) is 0 Å². The van der Waals surface area contributed by atoms with Gasteiger partial charge in [0, 0.05) is 34.2 Å². The van der Waals surface area contributed by atoms with Crippen molar-refractivity contribution in [1.29, 1.82) is 0 Å². The summed E-state index contributed by atoms with van der Waals surface area (Å²) in [4.78, 5) is 27.2. The van der Waals surface area contributed by atoms with E-state index in [9.17, 15) is 9.59 Å². The third-order valence-corrected chi connectivity index (χ3v) is 4.52. The number of halogens is 2. The van der Waals surface area contributed by atoms with E-state index in [4.69, 9.17) is 23.2 Å². The lowest BCUT2D eigenvalue weighted by Gasteiger charge is -2.09. The van der Waals surface area contributed by atoms with E-state index in [1.165, 1.54) is 0 Å². The fourth-order valence-electron chi connectivity index (χ4n) is 2.56. The van der Waals surface area contributed by atoms with Gasteiger partial charge in [-0.1, -0.05) is 23.2 Å². The van der Waals surface area contributed by atoms with E-state index < -0.39 is 0 Å². The molecule has 25 heavy (non-hydrogen) atoms. The van der Waals surface area contributed by atoms with Crippen molar-refractivity contribution in [2.24, 2.45) is 0 Å². The zero-order valence-corrected chi connectivity index (χ0v) is 15.0. The lowest BCUT2D eigenvalue weighted by Crippen LogP contribution is -2.18. The van der Waals surface area contributed by atoms with Gasteiger partial charge in [0.05, 0.1) is 5.02 Å². The molecule has 3 rings (SSSR count). The first-order valence-corrected chi connectivity index (χ1v) is 8.27. The van der Waals surface area contributed by atoms with Crippen molar-refractivity contribution < 1.29 is 9.59 Å². The third-order valence-electron chi connectivity index (χ3n) is 3.89. The molecule has 0 radical (unpaired) electrons. The zero-order chi connectivity index (χ0) is 18.1. The Bertz CT molecular complexity index is 995. The van der Waals surface area contributed by atoms with E-state index in [-0.39, 0.29) is 17.5 Å². The predicted octanol–water partition coefficient (Wildman–Crippen LogP) is 4.40. The molecule has 2 aromatic carbocycles. The quantitative estimate of drug-likeness (QED) is 0.634. The molecule has 0 saturated carbocycles. The van der Waals surface area contributed by atoms with Gasteiger partial charge in [0.2, 0.25) is 0 Å². The van der Waals surface area contributed by atoms with E-state index in [1.807, 2.05) is 6.92 Å². The number of aromatic amines is 1. The molecule has 0 saturated heterocycles. The minimum absolute atomic E-state index is 0.184. The number of aromatic nitrogens is 1. The van der Waals surface area contributed by atoms with Crippen molar-refractivity contribution in [1.82, 2.24) is 10.3 Å². The van der Waals surface area contributed by atoms with Crippen LogP contribution in [-0.2, 0) is 0 Å². The van der Waals surface area contributed by atoms with Gasteiger partial charge in [-0.15, -0.1) is 0 Å². The summed E-state index contributed by atoms with van der Waals surface area (Å²) in [5, 5.41) is 6.91. The molecule has 5 nitrogen and oxygen atoms in total. The molecule has 2 amide bonds. The van der Waals surface area contributed by atoms with Crippen LogP contribution in [0.15, 0.2) is 36.4 Å². The summed E-state index contributed by atoms with van der Waals surface area (Å²) < 4.78 is 0. The highest BCUT2D eigenvalue weighted by molar-refractivity contribution is 6.40. The van der Waals surface area contributed by atoms with Gasteiger partial charge in [-0.2, -0.15) is 0 Å². The Morgan fingerprint density at radius 2 is 1.80 bits per heavy atom. The van der Waals surface area contributed by atoms with Crippen LogP contribution < -0.4 is 10.6 Å². The van der Waals surface area contributed by atoms with Crippen molar-refractivity contribution in [2.75, 3.05) is 12.4 Å². The Labute approximate surface area is 154 Å². The number of carbonyl (C=O) groups is 2. The summed E-state index contributed by atoms with van der Waals surface area (Å²) in [6.45, 7) is 1.81. The Hall–Kier alpha value is -2.50. The van der Waals surface area contributed by atoms with Crippen LogP contribution >= 0.6 is 23.2 Å². The minimum atomic E-state index is -0.367. The van der Waals surface area contributed by atoms with Gasteiger partial charge in [0.15, 0.2) is 0 Å². The Morgan fingerprint density at radius 3 is 2.48 bits per heavy atom. The number of fused-ring (bicyclic) bond motifs is 1. The van der Waals surface area contributed by atoms with Gasteiger partial charge in [-0.25, -0.2) is 0 Å². The van der Waals surface area contributed by atoms with Crippen LogP contribution in [0.2, 0.25) is 10.0 Å². The van der Waals surface area contributed by atoms with E-state index in [2.05, 4.69) is 15.6 Å². The number of H-pyrrole nitrogens is 1. The van der Waals surface area contributed by atoms with Gasteiger partial charge in [-0.3, -0.25) is 9.59 Å². The van der Waals surface area contributed by atoms with Crippen LogP contribution in [0.5, 0.6) is 0 Å². The lowest BCUT2D eigenvalue weighted by molar-refractivity contribution is 0.0962. The van der Waals surface area contributed by atoms with Gasteiger partial charge >= 0.3 is 0 Å². The fourth-order valence-corrected chi connectivity index (χ4v) is 3.02. The van der Waals surface area contributed by atoms with E-state index in [0.717, 1.165) is 11.1 Å². The molecule has 0 aliphatic rings. The van der Waals surface area contributed by atoms with Gasteiger partial charge < -0.3 is 15.6 Å². The highest BCUT2D eigenvalue weighted by Gasteiger charge is 2.18. The van der Waals surface area contributed by atoms with Crippen LogP contribution in [0.1, 0.15) is 26.4 Å². The van der Waals surface area contributed by atoms with Gasteiger partial charge in [0.1, 0.15) is 5.69 Å². The van der Waals surface area contributed by atoms with Gasteiger partial charge in [0.25, 0.3) is 11.8 Å². The number of rotatable bonds is 3. The molecular formula is C18H15Cl2N3O2. The summed E-state index contributed by atoms with van der Waals surface area (Å²) in [7, 11) is 1.57. The lowest BCUT2D eigenvalue weighted by atomic mass is 10.1. The topological polar surface area (TPSA) is 74.0 Å². The first-order valence-electron chi connectivity index (χ1n) is 7.51. The SMILES string of the molecule is CNC(=O)c1ccc(NC(=O)c2[nH]c3ccc(Cl)cc3c2Cl)c(C)c1. The maximum Gasteiger partial charge on any atom is 0.273 e. The average Bonchev–Trinajstić information content (AvgIpc) is 2.92.